The van der Waals surface area contributed by atoms with Crippen LogP contribution in [0.2, 0.25) is 5.15 Å². The van der Waals surface area contributed by atoms with Crippen molar-refractivity contribution in [2.45, 2.75) is 26.2 Å². The van der Waals surface area contributed by atoms with Crippen molar-refractivity contribution in [3.05, 3.63) is 33.1 Å². The standard InChI is InChI=1S/C13H16ClN3O3/c1-2-16(8-9-4-3-5-9)13(18)11-6-10(17(19)20)7-15-12(11)14/h6-7,9H,2-5,8H2,1H3. The van der Waals surface area contributed by atoms with Crippen LogP contribution >= 0.6 is 11.6 Å². The Kier molecular flexibility index (Phi) is 4.54. The number of aromatic nitrogens is 1. The van der Waals surface area contributed by atoms with Gasteiger partial charge in [0.15, 0.2) is 0 Å². The van der Waals surface area contributed by atoms with E-state index in [0.29, 0.717) is 19.0 Å². The van der Waals surface area contributed by atoms with Crippen molar-refractivity contribution in [2.75, 3.05) is 13.1 Å². The van der Waals surface area contributed by atoms with Gasteiger partial charge in [-0.3, -0.25) is 14.9 Å². The molecule has 1 aliphatic rings. The molecule has 0 N–H and O–H groups in total. The molecule has 1 aliphatic carbocycles. The van der Waals surface area contributed by atoms with Gasteiger partial charge < -0.3 is 4.90 Å². The van der Waals surface area contributed by atoms with Gasteiger partial charge in [0, 0.05) is 19.2 Å². The maximum atomic E-state index is 12.4. The van der Waals surface area contributed by atoms with Crippen LogP contribution in [0.5, 0.6) is 0 Å². The molecule has 108 valence electrons. The molecular formula is C13H16ClN3O3. The molecule has 20 heavy (non-hydrogen) atoms. The lowest BCUT2D eigenvalue weighted by atomic mass is 9.85. The van der Waals surface area contributed by atoms with Crippen LogP contribution in [0.25, 0.3) is 0 Å². The molecule has 0 bridgehead atoms. The average molecular weight is 298 g/mol. The minimum Gasteiger partial charge on any atom is -0.339 e. The Morgan fingerprint density at radius 1 is 1.60 bits per heavy atom. The van der Waals surface area contributed by atoms with Crippen LogP contribution in [0.4, 0.5) is 5.69 Å². The molecule has 0 saturated heterocycles. The van der Waals surface area contributed by atoms with Crippen LogP contribution in [0.15, 0.2) is 12.3 Å². The molecule has 0 unspecified atom stereocenters. The predicted molar refractivity (Wildman–Crippen MR) is 74.8 cm³/mol. The van der Waals surface area contributed by atoms with Gasteiger partial charge >= 0.3 is 0 Å². The van der Waals surface area contributed by atoms with E-state index in [1.165, 1.54) is 12.5 Å². The highest BCUT2D eigenvalue weighted by molar-refractivity contribution is 6.32. The summed E-state index contributed by atoms with van der Waals surface area (Å²) in [5.74, 6) is 0.241. The van der Waals surface area contributed by atoms with Gasteiger partial charge in [0.05, 0.1) is 10.5 Å². The number of carbonyl (C=O) groups excluding carboxylic acids is 1. The molecular weight excluding hydrogens is 282 g/mol. The predicted octanol–water partition coefficient (Wildman–Crippen LogP) is 2.91. The molecule has 0 aromatic carbocycles. The Balaban J connectivity index is 2.21. The summed E-state index contributed by atoms with van der Waals surface area (Å²) >= 11 is 5.90. The van der Waals surface area contributed by atoms with Gasteiger partial charge in [-0.1, -0.05) is 18.0 Å². The zero-order chi connectivity index (χ0) is 14.7. The van der Waals surface area contributed by atoms with Crippen LogP contribution in [-0.2, 0) is 0 Å². The zero-order valence-corrected chi connectivity index (χ0v) is 12.0. The van der Waals surface area contributed by atoms with Gasteiger partial charge in [0.1, 0.15) is 11.3 Å². The molecule has 0 aliphatic heterocycles. The third-order valence-corrected chi connectivity index (χ3v) is 3.94. The molecule has 1 heterocycles. The minimum atomic E-state index is -0.581. The maximum absolute atomic E-state index is 12.4. The summed E-state index contributed by atoms with van der Waals surface area (Å²) in [6.45, 7) is 3.11. The molecule has 1 saturated carbocycles. The van der Waals surface area contributed by atoms with Crippen LogP contribution < -0.4 is 0 Å². The molecule has 0 spiro atoms. The highest BCUT2D eigenvalue weighted by Crippen LogP contribution is 2.28. The Morgan fingerprint density at radius 2 is 2.30 bits per heavy atom. The highest BCUT2D eigenvalue weighted by Gasteiger charge is 2.26. The molecule has 0 atom stereocenters. The fourth-order valence-corrected chi connectivity index (χ4v) is 2.38. The first-order chi connectivity index (χ1) is 9.52. The average Bonchev–Trinajstić information content (AvgIpc) is 2.37. The number of nitrogens with zero attached hydrogens (tertiary/aromatic N) is 3. The second-order valence-corrected chi connectivity index (χ2v) is 5.29. The summed E-state index contributed by atoms with van der Waals surface area (Å²) in [6, 6.07) is 1.20. The lowest BCUT2D eigenvalue weighted by molar-refractivity contribution is -0.385. The summed E-state index contributed by atoms with van der Waals surface area (Å²) < 4.78 is 0. The Hall–Kier alpha value is -1.69. The van der Waals surface area contributed by atoms with Gasteiger partial charge in [-0.05, 0) is 25.7 Å². The van der Waals surface area contributed by atoms with E-state index in [1.54, 1.807) is 4.90 Å². The fourth-order valence-electron chi connectivity index (χ4n) is 2.20. The van der Waals surface area contributed by atoms with Crippen molar-refractivity contribution in [3.8, 4) is 0 Å². The molecule has 7 heteroatoms. The fraction of sp³-hybridized carbons (Fsp3) is 0.538. The zero-order valence-electron chi connectivity index (χ0n) is 11.2. The van der Waals surface area contributed by atoms with E-state index in [0.717, 1.165) is 19.0 Å². The van der Waals surface area contributed by atoms with E-state index < -0.39 is 4.92 Å². The van der Waals surface area contributed by atoms with Crippen molar-refractivity contribution in [2.24, 2.45) is 5.92 Å². The van der Waals surface area contributed by atoms with Crippen molar-refractivity contribution in [1.82, 2.24) is 9.88 Å². The topological polar surface area (TPSA) is 76.3 Å². The van der Waals surface area contributed by atoms with Crippen LogP contribution in [-0.4, -0.2) is 33.8 Å². The smallest absolute Gasteiger partial charge is 0.288 e. The van der Waals surface area contributed by atoms with E-state index in [-0.39, 0.29) is 22.3 Å². The third kappa shape index (κ3) is 3.07. The molecule has 2 rings (SSSR count). The number of carbonyl (C=O) groups is 1. The normalized spacial score (nSPS) is 14.7. The van der Waals surface area contributed by atoms with E-state index >= 15 is 0 Å². The third-order valence-electron chi connectivity index (χ3n) is 3.64. The Bertz CT molecular complexity index is 532. The number of nitro groups is 1. The first-order valence-electron chi connectivity index (χ1n) is 6.62. The molecule has 1 fully saturated rings. The largest absolute Gasteiger partial charge is 0.339 e. The van der Waals surface area contributed by atoms with E-state index in [4.69, 9.17) is 11.6 Å². The number of pyridine rings is 1. The van der Waals surface area contributed by atoms with Crippen LogP contribution in [0, 0.1) is 16.0 Å². The molecule has 1 aromatic rings. The molecule has 6 nitrogen and oxygen atoms in total. The minimum absolute atomic E-state index is 0.00709. The summed E-state index contributed by atoms with van der Waals surface area (Å²) in [5.41, 5.74) is -0.125. The summed E-state index contributed by atoms with van der Waals surface area (Å²) in [6.07, 6.45) is 4.52. The monoisotopic (exact) mass is 297 g/mol. The number of hydrogen-bond acceptors (Lipinski definition) is 4. The van der Waals surface area contributed by atoms with E-state index in [9.17, 15) is 14.9 Å². The van der Waals surface area contributed by atoms with E-state index in [1.807, 2.05) is 6.92 Å². The lowest BCUT2D eigenvalue weighted by Crippen LogP contribution is -2.37. The van der Waals surface area contributed by atoms with Crippen LogP contribution in [0.3, 0.4) is 0 Å². The second-order valence-electron chi connectivity index (χ2n) is 4.93. The molecule has 1 amide bonds. The number of amides is 1. The number of rotatable bonds is 5. The number of hydrogen-bond donors (Lipinski definition) is 0. The molecule has 0 radical (unpaired) electrons. The lowest BCUT2D eigenvalue weighted by Gasteiger charge is -2.31. The van der Waals surface area contributed by atoms with Gasteiger partial charge in [-0.2, -0.15) is 0 Å². The second kappa shape index (κ2) is 6.17. The molecule has 1 aromatic heterocycles. The Labute approximate surface area is 121 Å². The first-order valence-corrected chi connectivity index (χ1v) is 7.00. The SMILES string of the molecule is CCN(CC1CCC1)C(=O)c1cc([N+](=O)[O-])cnc1Cl. The quantitative estimate of drug-likeness (QED) is 0.476. The Morgan fingerprint density at radius 3 is 2.80 bits per heavy atom. The van der Waals surface area contributed by atoms with Gasteiger partial charge in [0.2, 0.25) is 0 Å². The van der Waals surface area contributed by atoms with E-state index in [2.05, 4.69) is 4.98 Å². The van der Waals surface area contributed by atoms with Crippen molar-refractivity contribution >= 4 is 23.2 Å². The van der Waals surface area contributed by atoms with Crippen molar-refractivity contribution in [3.63, 3.8) is 0 Å². The van der Waals surface area contributed by atoms with Gasteiger partial charge in [-0.25, -0.2) is 4.98 Å². The summed E-state index contributed by atoms with van der Waals surface area (Å²) in [4.78, 5) is 28.0. The van der Waals surface area contributed by atoms with Gasteiger partial charge in [0.25, 0.3) is 11.6 Å². The summed E-state index contributed by atoms with van der Waals surface area (Å²) in [5, 5.41) is 10.8. The first kappa shape index (κ1) is 14.7. The number of halogens is 1. The van der Waals surface area contributed by atoms with Crippen LogP contribution in [0.1, 0.15) is 36.5 Å². The van der Waals surface area contributed by atoms with Crippen molar-refractivity contribution < 1.29 is 9.72 Å². The van der Waals surface area contributed by atoms with Crippen molar-refractivity contribution in [1.29, 1.82) is 0 Å². The maximum Gasteiger partial charge on any atom is 0.288 e. The highest BCUT2D eigenvalue weighted by atomic mass is 35.5. The van der Waals surface area contributed by atoms with Gasteiger partial charge in [-0.15, -0.1) is 0 Å². The summed E-state index contributed by atoms with van der Waals surface area (Å²) in [7, 11) is 0.